The van der Waals surface area contributed by atoms with Gasteiger partial charge in [-0.25, -0.2) is 14.5 Å². The Morgan fingerprint density at radius 1 is 1.07 bits per heavy atom. The van der Waals surface area contributed by atoms with Crippen LogP contribution in [-0.2, 0) is 4.79 Å². The van der Waals surface area contributed by atoms with Crippen molar-refractivity contribution in [3.8, 4) is 22.5 Å². The Morgan fingerprint density at radius 2 is 1.85 bits per heavy atom. The molecule has 4 aromatic rings. The minimum absolute atomic E-state index is 0.0670. The summed E-state index contributed by atoms with van der Waals surface area (Å²) >= 11 is 0. The number of nitrogens with zero attached hydrogens (tertiary/aromatic N) is 6. The first-order valence-corrected chi connectivity index (χ1v) is 13.9. The Labute approximate surface area is 234 Å². The highest BCUT2D eigenvalue weighted by Crippen LogP contribution is 2.31. The predicted octanol–water partition coefficient (Wildman–Crippen LogP) is 3.24. The molecule has 1 unspecified atom stereocenters. The van der Waals surface area contributed by atoms with Crippen molar-refractivity contribution < 1.29 is 9.59 Å². The van der Waals surface area contributed by atoms with Gasteiger partial charge in [0.1, 0.15) is 11.9 Å². The normalized spacial score (nSPS) is 15.6. The third kappa shape index (κ3) is 5.40. The standard InChI is InChI=1S/C30H36N8O2/c1-5-36(6-2)20(3)18-32-29(39)22-16-25(34-27(17-22)37-14-13-26(37)30(40)31-4)23-19-33-38-15-12-24(35-28(23)38)21-10-8-7-9-11-21/h7-12,15-17,19-20,26H,5-6,13-14,18H2,1-4H3,(H,31,40)(H,32,39)/t20?,26-/m0/s1. The van der Waals surface area contributed by atoms with Crippen molar-refractivity contribution in [1.29, 1.82) is 0 Å². The van der Waals surface area contributed by atoms with Gasteiger partial charge in [0.05, 0.1) is 23.1 Å². The summed E-state index contributed by atoms with van der Waals surface area (Å²) in [5.74, 6) is 0.329. The Kier molecular flexibility index (Phi) is 8.06. The summed E-state index contributed by atoms with van der Waals surface area (Å²) in [6, 6.07) is 15.3. The van der Waals surface area contributed by atoms with E-state index in [4.69, 9.17) is 9.97 Å². The van der Waals surface area contributed by atoms with Gasteiger partial charge in [0.25, 0.3) is 5.91 Å². The Bertz CT molecular complexity index is 1500. The summed E-state index contributed by atoms with van der Waals surface area (Å²) in [5, 5.41) is 10.3. The number of anilines is 1. The first-order valence-electron chi connectivity index (χ1n) is 13.9. The van der Waals surface area contributed by atoms with Crippen molar-refractivity contribution in [2.75, 3.05) is 38.1 Å². The van der Waals surface area contributed by atoms with E-state index in [1.54, 1.807) is 29.9 Å². The van der Waals surface area contributed by atoms with Crippen LogP contribution in [-0.4, -0.2) is 81.6 Å². The van der Waals surface area contributed by atoms with Crippen molar-refractivity contribution in [3.63, 3.8) is 0 Å². The smallest absolute Gasteiger partial charge is 0.251 e. The molecule has 1 aromatic carbocycles. The van der Waals surface area contributed by atoms with Crippen molar-refractivity contribution in [3.05, 3.63) is 66.5 Å². The zero-order chi connectivity index (χ0) is 28.2. The number of hydrogen-bond acceptors (Lipinski definition) is 7. The van der Waals surface area contributed by atoms with Gasteiger partial charge in [-0.1, -0.05) is 44.2 Å². The molecule has 0 bridgehead atoms. The highest BCUT2D eigenvalue weighted by Gasteiger charge is 2.35. The molecule has 10 heteroatoms. The third-order valence-corrected chi connectivity index (χ3v) is 7.65. The third-order valence-electron chi connectivity index (χ3n) is 7.65. The summed E-state index contributed by atoms with van der Waals surface area (Å²) in [6.07, 6.45) is 4.32. The highest BCUT2D eigenvalue weighted by molar-refractivity contribution is 5.97. The van der Waals surface area contributed by atoms with E-state index in [1.807, 2.05) is 47.5 Å². The predicted molar refractivity (Wildman–Crippen MR) is 156 cm³/mol. The average molecular weight is 541 g/mol. The molecule has 40 heavy (non-hydrogen) atoms. The average Bonchev–Trinajstić information content (AvgIpc) is 3.39. The number of nitrogens with one attached hydrogen (secondary N) is 2. The van der Waals surface area contributed by atoms with Crippen LogP contribution in [0.5, 0.6) is 0 Å². The van der Waals surface area contributed by atoms with Crippen LogP contribution in [0.15, 0.2) is 60.9 Å². The zero-order valence-electron chi connectivity index (χ0n) is 23.5. The maximum atomic E-state index is 13.4. The van der Waals surface area contributed by atoms with Crippen LogP contribution in [0, 0.1) is 0 Å². The molecule has 1 fully saturated rings. The molecule has 2 amide bonds. The molecule has 1 aliphatic heterocycles. The number of fused-ring (bicyclic) bond motifs is 1. The number of amides is 2. The molecule has 0 radical (unpaired) electrons. The van der Waals surface area contributed by atoms with Crippen LogP contribution >= 0.6 is 0 Å². The van der Waals surface area contributed by atoms with Crippen LogP contribution in [0.1, 0.15) is 37.6 Å². The van der Waals surface area contributed by atoms with E-state index in [0.29, 0.717) is 41.4 Å². The fraction of sp³-hybridized carbons (Fsp3) is 0.367. The van der Waals surface area contributed by atoms with Crippen LogP contribution in [0.2, 0.25) is 0 Å². The molecular formula is C30H36N8O2. The molecular weight excluding hydrogens is 504 g/mol. The molecule has 2 atom stereocenters. The van der Waals surface area contributed by atoms with Gasteiger partial charge in [-0.3, -0.25) is 14.5 Å². The second-order valence-corrected chi connectivity index (χ2v) is 10.00. The van der Waals surface area contributed by atoms with Crippen molar-refractivity contribution in [2.45, 2.75) is 39.3 Å². The fourth-order valence-corrected chi connectivity index (χ4v) is 5.17. The summed E-state index contributed by atoms with van der Waals surface area (Å²) in [7, 11) is 1.63. The lowest BCUT2D eigenvalue weighted by molar-refractivity contribution is -0.123. The lowest BCUT2D eigenvalue weighted by Crippen LogP contribution is -2.56. The second-order valence-electron chi connectivity index (χ2n) is 10.00. The van der Waals surface area contributed by atoms with Crippen LogP contribution in [0.3, 0.4) is 0 Å². The van der Waals surface area contributed by atoms with Gasteiger partial charge >= 0.3 is 0 Å². The van der Waals surface area contributed by atoms with Gasteiger partial charge in [0.15, 0.2) is 5.65 Å². The molecule has 4 heterocycles. The van der Waals surface area contributed by atoms with Gasteiger partial charge in [0.2, 0.25) is 5.91 Å². The monoisotopic (exact) mass is 540 g/mol. The molecule has 1 aliphatic rings. The number of pyridine rings is 1. The molecule has 1 saturated heterocycles. The number of aromatic nitrogens is 4. The maximum Gasteiger partial charge on any atom is 0.251 e. The molecule has 208 valence electrons. The molecule has 5 rings (SSSR count). The fourth-order valence-electron chi connectivity index (χ4n) is 5.17. The van der Waals surface area contributed by atoms with E-state index in [1.165, 1.54) is 0 Å². The molecule has 0 saturated carbocycles. The first-order chi connectivity index (χ1) is 19.4. The topological polar surface area (TPSA) is 108 Å². The zero-order valence-corrected chi connectivity index (χ0v) is 23.5. The van der Waals surface area contributed by atoms with Crippen LogP contribution < -0.4 is 15.5 Å². The Morgan fingerprint density at radius 3 is 2.52 bits per heavy atom. The molecule has 10 nitrogen and oxygen atoms in total. The van der Waals surface area contributed by atoms with E-state index in [2.05, 4.69) is 41.4 Å². The van der Waals surface area contributed by atoms with Gasteiger partial charge in [-0.15, -0.1) is 0 Å². The first kappa shape index (κ1) is 27.3. The lowest BCUT2D eigenvalue weighted by Gasteiger charge is -2.40. The van der Waals surface area contributed by atoms with E-state index < -0.39 is 0 Å². The highest BCUT2D eigenvalue weighted by atomic mass is 16.2. The Hall–Kier alpha value is -4.31. The van der Waals surface area contributed by atoms with E-state index in [9.17, 15) is 9.59 Å². The van der Waals surface area contributed by atoms with Crippen molar-refractivity contribution >= 4 is 23.3 Å². The SMILES string of the molecule is CCN(CC)C(C)CNC(=O)c1cc(-c2cnn3ccc(-c4ccccc4)nc23)nc(N2CC[C@H]2C(=O)NC)c1. The molecule has 0 spiro atoms. The quantitative estimate of drug-likeness (QED) is 0.318. The van der Waals surface area contributed by atoms with E-state index in [0.717, 1.165) is 30.8 Å². The Balaban J connectivity index is 1.53. The number of carbonyl (C=O) groups is 2. The number of benzene rings is 1. The summed E-state index contributed by atoms with van der Waals surface area (Å²) in [6.45, 7) is 9.38. The molecule has 0 aliphatic carbocycles. The maximum absolute atomic E-state index is 13.4. The summed E-state index contributed by atoms with van der Waals surface area (Å²) in [4.78, 5) is 39.9. The largest absolute Gasteiger partial charge is 0.357 e. The van der Waals surface area contributed by atoms with Gasteiger partial charge in [-0.2, -0.15) is 5.10 Å². The van der Waals surface area contributed by atoms with Gasteiger partial charge in [0, 0.05) is 43.5 Å². The molecule has 2 N–H and O–H groups in total. The van der Waals surface area contributed by atoms with E-state index >= 15 is 0 Å². The number of likely N-dealkylation sites (N-methyl/N-ethyl adjacent to an activating group) is 2. The minimum Gasteiger partial charge on any atom is -0.357 e. The van der Waals surface area contributed by atoms with Crippen LogP contribution in [0.25, 0.3) is 28.2 Å². The number of hydrogen-bond donors (Lipinski definition) is 2. The van der Waals surface area contributed by atoms with E-state index in [-0.39, 0.29) is 23.9 Å². The number of rotatable bonds is 10. The lowest BCUT2D eigenvalue weighted by atomic mass is 10.0. The second kappa shape index (κ2) is 11.8. The van der Waals surface area contributed by atoms with Gasteiger partial charge < -0.3 is 15.5 Å². The molecule has 3 aromatic heterocycles. The van der Waals surface area contributed by atoms with Crippen LogP contribution in [0.4, 0.5) is 5.82 Å². The van der Waals surface area contributed by atoms with Gasteiger partial charge in [-0.05, 0) is 44.6 Å². The number of carbonyl (C=O) groups excluding carboxylic acids is 2. The summed E-state index contributed by atoms with van der Waals surface area (Å²) < 4.78 is 1.71. The van der Waals surface area contributed by atoms with Crippen molar-refractivity contribution in [2.24, 2.45) is 0 Å². The van der Waals surface area contributed by atoms with Crippen molar-refractivity contribution in [1.82, 2.24) is 35.1 Å². The minimum atomic E-state index is -0.321. The summed E-state index contributed by atoms with van der Waals surface area (Å²) in [5.41, 5.74) is 4.22.